The highest BCUT2D eigenvalue weighted by molar-refractivity contribution is 6.32. The van der Waals surface area contributed by atoms with Gasteiger partial charge in [-0.3, -0.25) is 0 Å². The van der Waals surface area contributed by atoms with E-state index in [1.807, 2.05) is 23.0 Å². The highest BCUT2D eigenvalue weighted by Crippen LogP contribution is 2.23. The van der Waals surface area contributed by atoms with Crippen molar-refractivity contribution in [3.05, 3.63) is 47.0 Å². The highest BCUT2D eigenvalue weighted by Gasteiger charge is 2.07. The van der Waals surface area contributed by atoms with E-state index in [4.69, 9.17) is 11.6 Å². The van der Waals surface area contributed by atoms with Gasteiger partial charge in [0.25, 0.3) is 0 Å². The number of halogens is 1. The fraction of sp³-hybridized carbons (Fsp3) is 0.357. The van der Waals surface area contributed by atoms with Gasteiger partial charge in [-0.25, -0.2) is 4.98 Å². The molecule has 1 aromatic heterocycles. The third-order valence-corrected chi connectivity index (χ3v) is 3.19. The van der Waals surface area contributed by atoms with Gasteiger partial charge >= 0.3 is 0 Å². The normalized spacial score (nSPS) is 10.8. The van der Waals surface area contributed by atoms with Gasteiger partial charge in [-0.2, -0.15) is 0 Å². The molecular weight excluding hydrogens is 246 g/mol. The second-order valence-electron chi connectivity index (χ2n) is 4.13. The van der Waals surface area contributed by atoms with Crippen molar-refractivity contribution in [3.63, 3.8) is 0 Å². The van der Waals surface area contributed by atoms with E-state index in [0.717, 1.165) is 36.0 Å². The predicted octanol–water partition coefficient (Wildman–Crippen LogP) is 3.20. The number of aromatic nitrogens is 2. The van der Waals surface area contributed by atoms with Crippen LogP contribution in [-0.4, -0.2) is 16.1 Å². The number of imidazole rings is 1. The molecule has 0 unspecified atom stereocenters. The molecule has 0 aliphatic heterocycles. The number of hydrogen-bond acceptors (Lipinski definition) is 2. The molecule has 4 heteroatoms. The minimum absolute atomic E-state index is 0.762. The third kappa shape index (κ3) is 2.74. The van der Waals surface area contributed by atoms with E-state index < -0.39 is 0 Å². The van der Waals surface area contributed by atoms with E-state index in [9.17, 15) is 0 Å². The smallest absolute Gasteiger partial charge is 0.112 e. The molecule has 1 heterocycles. The monoisotopic (exact) mass is 263 g/mol. The maximum absolute atomic E-state index is 6.35. The van der Waals surface area contributed by atoms with Crippen molar-refractivity contribution in [2.45, 2.75) is 26.8 Å². The largest absolute Gasteiger partial charge is 0.313 e. The van der Waals surface area contributed by atoms with Crippen LogP contribution in [0.1, 0.15) is 25.2 Å². The Hall–Kier alpha value is -1.32. The Balaban J connectivity index is 2.30. The summed E-state index contributed by atoms with van der Waals surface area (Å²) < 4.78 is 2.04. The molecule has 0 spiro atoms. The number of nitrogens with zero attached hydrogens (tertiary/aromatic N) is 2. The molecule has 0 aliphatic carbocycles. The number of rotatable bonds is 5. The van der Waals surface area contributed by atoms with Crippen LogP contribution in [0, 0.1) is 0 Å². The van der Waals surface area contributed by atoms with Crippen LogP contribution >= 0.6 is 11.6 Å². The van der Waals surface area contributed by atoms with Crippen molar-refractivity contribution < 1.29 is 0 Å². The second kappa shape index (κ2) is 6.03. The molecule has 2 aromatic rings. The fourth-order valence-electron chi connectivity index (χ4n) is 1.94. The van der Waals surface area contributed by atoms with Crippen LogP contribution < -0.4 is 5.32 Å². The molecule has 2 rings (SSSR count). The molecular formula is C14H18ClN3. The van der Waals surface area contributed by atoms with Crippen LogP contribution in [0.25, 0.3) is 5.69 Å². The summed E-state index contributed by atoms with van der Waals surface area (Å²) in [6.07, 6.45) is 4.65. The van der Waals surface area contributed by atoms with E-state index >= 15 is 0 Å². The number of benzene rings is 1. The maximum atomic E-state index is 6.35. The van der Waals surface area contributed by atoms with E-state index in [-0.39, 0.29) is 0 Å². The van der Waals surface area contributed by atoms with Crippen molar-refractivity contribution in [3.8, 4) is 5.69 Å². The second-order valence-corrected chi connectivity index (χ2v) is 4.54. The summed E-state index contributed by atoms with van der Waals surface area (Å²) in [5.41, 5.74) is 2.19. The predicted molar refractivity (Wildman–Crippen MR) is 75.3 cm³/mol. The summed E-state index contributed by atoms with van der Waals surface area (Å²) in [7, 11) is 0. The van der Waals surface area contributed by atoms with Crippen LogP contribution in [0.15, 0.2) is 30.6 Å². The molecule has 0 fully saturated rings. The molecule has 0 aliphatic rings. The van der Waals surface area contributed by atoms with Gasteiger partial charge < -0.3 is 9.88 Å². The van der Waals surface area contributed by atoms with Crippen LogP contribution in [0.4, 0.5) is 0 Å². The highest BCUT2D eigenvalue weighted by atomic mass is 35.5. The Bertz CT molecular complexity index is 520. The average Bonchev–Trinajstić information content (AvgIpc) is 2.84. The van der Waals surface area contributed by atoms with Crippen LogP contribution in [0.3, 0.4) is 0 Å². The number of aryl methyl sites for hydroxylation is 1. The summed E-state index contributed by atoms with van der Waals surface area (Å²) in [5, 5.41) is 4.05. The van der Waals surface area contributed by atoms with E-state index in [1.54, 1.807) is 0 Å². The minimum Gasteiger partial charge on any atom is -0.313 e. The lowest BCUT2D eigenvalue weighted by Gasteiger charge is -2.10. The lowest BCUT2D eigenvalue weighted by molar-refractivity contribution is 0.726. The average molecular weight is 264 g/mol. The van der Waals surface area contributed by atoms with E-state index in [0.29, 0.717) is 0 Å². The number of nitrogens with one attached hydrogen (secondary N) is 1. The Kier molecular flexibility index (Phi) is 4.39. The molecule has 0 amide bonds. The molecule has 18 heavy (non-hydrogen) atoms. The molecule has 1 aromatic carbocycles. The standard InChI is InChI=1S/C14H18ClN3/c1-3-14-17-7-8-18(14)13-6-5-11(9-12(13)15)10-16-4-2/h5-9,16H,3-4,10H2,1-2H3. The summed E-state index contributed by atoms with van der Waals surface area (Å²) in [4.78, 5) is 4.32. The lowest BCUT2D eigenvalue weighted by atomic mass is 10.2. The first-order valence-electron chi connectivity index (χ1n) is 6.28. The van der Waals surface area contributed by atoms with Gasteiger partial charge in [0.2, 0.25) is 0 Å². The molecule has 0 saturated heterocycles. The van der Waals surface area contributed by atoms with Crippen molar-refractivity contribution >= 4 is 11.6 Å². The summed E-state index contributed by atoms with van der Waals surface area (Å²) in [5.74, 6) is 1.02. The van der Waals surface area contributed by atoms with E-state index in [2.05, 4.69) is 36.3 Å². The lowest BCUT2D eigenvalue weighted by Crippen LogP contribution is -2.11. The Morgan fingerprint density at radius 2 is 2.17 bits per heavy atom. The fourth-order valence-corrected chi connectivity index (χ4v) is 2.23. The first kappa shape index (κ1) is 13.1. The van der Waals surface area contributed by atoms with Crippen molar-refractivity contribution in [1.29, 1.82) is 0 Å². The maximum Gasteiger partial charge on any atom is 0.112 e. The van der Waals surface area contributed by atoms with Crippen molar-refractivity contribution in [2.24, 2.45) is 0 Å². The summed E-state index contributed by atoms with van der Waals surface area (Å²) >= 11 is 6.35. The van der Waals surface area contributed by atoms with E-state index in [1.165, 1.54) is 5.56 Å². The zero-order valence-electron chi connectivity index (χ0n) is 10.8. The van der Waals surface area contributed by atoms with Gasteiger partial charge in [-0.1, -0.05) is 31.5 Å². The molecule has 0 radical (unpaired) electrons. The minimum atomic E-state index is 0.762. The van der Waals surface area contributed by atoms with Crippen molar-refractivity contribution in [2.75, 3.05) is 6.54 Å². The third-order valence-electron chi connectivity index (χ3n) is 2.88. The Labute approximate surface area is 113 Å². The Morgan fingerprint density at radius 3 is 2.83 bits per heavy atom. The molecule has 1 N–H and O–H groups in total. The van der Waals surface area contributed by atoms with Crippen LogP contribution in [0.5, 0.6) is 0 Å². The van der Waals surface area contributed by atoms with Crippen LogP contribution in [-0.2, 0) is 13.0 Å². The van der Waals surface area contributed by atoms with Crippen molar-refractivity contribution in [1.82, 2.24) is 14.9 Å². The molecule has 0 bridgehead atoms. The molecule has 96 valence electrons. The van der Waals surface area contributed by atoms with Gasteiger partial charge in [-0.05, 0) is 24.2 Å². The van der Waals surface area contributed by atoms with Gasteiger partial charge in [0.05, 0.1) is 10.7 Å². The number of hydrogen-bond donors (Lipinski definition) is 1. The Morgan fingerprint density at radius 1 is 1.33 bits per heavy atom. The summed E-state index contributed by atoms with van der Waals surface area (Å²) in [6.45, 7) is 5.99. The van der Waals surface area contributed by atoms with Gasteiger partial charge in [-0.15, -0.1) is 0 Å². The van der Waals surface area contributed by atoms with Gasteiger partial charge in [0, 0.05) is 25.4 Å². The van der Waals surface area contributed by atoms with Gasteiger partial charge in [0.1, 0.15) is 5.82 Å². The SMILES string of the molecule is CCNCc1ccc(-n2ccnc2CC)c(Cl)c1. The molecule has 0 atom stereocenters. The summed E-state index contributed by atoms with van der Waals surface area (Å²) in [6, 6.07) is 6.16. The first-order chi connectivity index (χ1) is 8.76. The molecule has 3 nitrogen and oxygen atoms in total. The molecule has 0 saturated carbocycles. The van der Waals surface area contributed by atoms with Crippen LogP contribution in [0.2, 0.25) is 5.02 Å². The topological polar surface area (TPSA) is 29.9 Å². The quantitative estimate of drug-likeness (QED) is 0.898. The van der Waals surface area contributed by atoms with Gasteiger partial charge in [0.15, 0.2) is 0 Å². The zero-order valence-corrected chi connectivity index (χ0v) is 11.5. The zero-order chi connectivity index (χ0) is 13.0. The first-order valence-corrected chi connectivity index (χ1v) is 6.65.